The monoisotopic (exact) mass is 358 g/mol. The average Bonchev–Trinajstić information content (AvgIpc) is 2.43. The van der Waals surface area contributed by atoms with E-state index in [0.29, 0.717) is 22.9 Å². The number of carbonyl (C=O) groups is 2. The molecule has 0 amide bonds. The number of ether oxygens (including phenoxy) is 1. The van der Waals surface area contributed by atoms with Gasteiger partial charge in [0.05, 0.1) is 6.61 Å². The summed E-state index contributed by atoms with van der Waals surface area (Å²) >= 11 is 3.29. The molecule has 0 aliphatic carbocycles. The van der Waals surface area contributed by atoms with E-state index in [4.69, 9.17) is 9.84 Å². The molecule has 1 aromatic carbocycles. The lowest BCUT2D eigenvalue weighted by atomic mass is 9.76. The van der Waals surface area contributed by atoms with Crippen molar-refractivity contribution in [3.63, 3.8) is 0 Å². The van der Waals surface area contributed by atoms with Crippen molar-refractivity contribution in [3.05, 3.63) is 34.3 Å². The van der Waals surface area contributed by atoms with Crippen LogP contribution in [0.15, 0.2) is 28.7 Å². The number of carboxylic acid groups (broad SMARTS) is 1. The second-order valence-electron chi connectivity index (χ2n) is 4.62. The molecule has 0 fully saturated rings. The summed E-state index contributed by atoms with van der Waals surface area (Å²) in [5, 5.41) is 18.6. The SMILES string of the molecule is CCOC(=O)C(CCCCO)(C(=O)O)c1cccc(Br)c1. The molecule has 0 heterocycles. The zero-order valence-corrected chi connectivity index (χ0v) is 13.4. The number of aliphatic carboxylic acids is 1. The van der Waals surface area contributed by atoms with Crippen LogP contribution in [0.4, 0.5) is 0 Å². The number of aliphatic hydroxyl groups excluding tert-OH is 1. The minimum atomic E-state index is -1.74. The van der Waals surface area contributed by atoms with Gasteiger partial charge in [-0.3, -0.25) is 9.59 Å². The van der Waals surface area contributed by atoms with E-state index in [2.05, 4.69) is 15.9 Å². The third kappa shape index (κ3) is 4.04. The number of aliphatic hydroxyl groups is 1. The molecule has 0 spiro atoms. The Labute approximate surface area is 132 Å². The molecule has 0 aromatic heterocycles. The van der Waals surface area contributed by atoms with E-state index in [0.717, 1.165) is 0 Å². The number of hydrogen-bond acceptors (Lipinski definition) is 4. The standard InChI is InChI=1S/C15H19BrO5/c1-2-21-14(20)15(13(18)19,8-3-4-9-17)11-6-5-7-12(16)10-11/h5-7,10,17H,2-4,8-9H2,1H3,(H,18,19). The van der Waals surface area contributed by atoms with Gasteiger partial charge in [-0.05, 0) is 43.9 Å². The summed E-state index contributed by atoms with van der Waals surface area (Å²) in [7, 11) is 0. The number of benzene rings is 1. The van der Waals surface area contributed by atoms with Crippen LogP contribution in [0, 0.1) is 0 Å². The normalized spacial score (nSPS) is 13.5. The molecule has 6 heteroatoms. The first-order valence-corrected chi connectivity index (χ1v) is 7.55. The Kier molecular flexibility index (Phi) is 6.84. The zero-order chi connectivity index (χ0) is 15.9. The molecule has 1 unspecified atom stereocenters. The van der Waals surface area contributed by atoms with Gasteiger partial charge in [0.2, 0.25) is 0 Å². The van der Waals surface area contributed by atoms with Gasteiger partial charge in [-0.25, -0.2) is 0 Å². The highest BCUT2D eigenvalue weighted by Gasteiger charge is 2.48. The highest BCUT2D eigenvalue weighted by molar-refractivity contribution is 9.10. The lowest BCUT2D eigenvalue weighted by Crippen LogP contribution is -2.45. The number of hydrogen-bond donors (Lipinski definition) is 2. The third-order valence-electron chi connectivity index (χ3n) is 3.27. The first-order chi connectivity index (χ1) is 9.98. The van der Waals surface area contributed by atoms with Crippen LogP contribution in [0.5, 0.6) is 0 Å². The zero-order valence-electron chi connectivity index (χ0n) is 11.8. The maximum atomic E-state index is 12.3. The first kappa shape index (κ1) is 17.7. The molecular weight excluding hydrogens is 340 g/mol. The summed E-state index contributed by atoms with van der Waals surface area (Å²) in [4.78, 5) is 24.2. The van der Waals surface area contributed by atoms with E-state index in [9.17, 15) is 14.7 Å². The Bertz CT molecular complexity index is 503. The Balaban J connectivity index is 3.29. The number of carboxylic acids is 1. The summed E-state index contributed by atoms with van der Waals surface area (Å²) < 4.78 is 5.69. The summed E-state index contributed by atoms with van der Waals surface area (Å²) in [5.41, 5.74) is -1.37. The van der Waals surface area contributed by atoms with Gasteiger partial charge in [0.1, 0.15) is 0 Å². The second kappa shape index (κ2) is 8.14. The predicted molar refractivity (Wildman–Crippen MR) is 81.0 cm³/mol. The fourth-order valence-electron chi connectivity index (χ4n) is 2.19. The Morgan fingerprint density at radius 3 is 2.57 bits per heavy atom. The van der Waals surface area contributed by atoms with Crippen molar-refractivity contribution >= 4 is 27.9 Å². The minimum Gasteiger partial charge on any atom is -0.480 e. The minimum absolute atomic E-state index is 0.0446. The molecule has 1 atom stereocenters. The van der Waals surface area contributed by atoms with E-state index in [1.54, 1.807) is 31.2 Å². The topological polar surface area (TPSA) is 83.8 Å². The number of carbonyl (C=O) groups excluding carboxylic acids is 1. The molecule has 0 aliphatic heterocycles. The van der Waals surface area contributed by atoms with Crippen LogP contribution < -0.4 is 0 Å². The van der Waals surface area contributed by atoms with E-state index in [1.807, 2.05) is 0 Å². The van der Waals surface area contributed by atoms with Crippen molar-refractivity contribution in [1.82, 2.24) is 0 Å². The molecule has 0 saturated carbocycles. The molecule has 21 heavy (non-hydrogen) atoms. The van der Waals surface area contributed by atoms with E-state index < -0.39 is 17.4 Å². The molecule has 1 aromatic rings. The van der Waals surface area contributed by atoms with Crippen LogP contribution in [0.1, 0.15) is 31.7 Å². The lowest BCUT2D eigenvalue weighted by molar-refractivity contribution is -0.162. The molecule has 2 N–H and O–H groups in total. The van der Waals surface area contributed by atoms with E-state index in [-0.39, 0.29) is 19.6 Å². The van der Waals surface area contributed by atoms with Gasteiger partial charge >= 0.3 is 11.9 Å². The van der Waals surface area contributed by atoms with Crippen molar-refractivity contribution in [2.45, 2.75) is 31.6 Å². The first-order valence-electron chi connectivity index (χ1n) is 6.76. The second-order valence-corrected chi connectivity index (χ2v) is 5.54. The van der Waals surface area contributed by atoms with Crippen molar-refractivity contribution in [3.8, 4) is 0 Å². The maximum absolute atomic E-state index is 12.3. The van der Waals surface area contributed by atoms with Crippen LogP contribution in [0.2, 0.25) is 0 Å². The van der Waals surface area contributed by atoms with Crippen molar-refractivity contribution < 1.29 is 24.5 Å². The maximum Gasteiger partial charge on any atom is 0.328 e. The smallest absolute Gasteiger partial charge is 0.328 e. The average molecular weight is 359 g/mol. The van der Waals surface area contributed by atoms with Gasteiger partial charge in [0.15, 0.2) is 5.41 Å². The number of rotatable bonds is 8. The molecular formula is C15H19BrO5. The van der Waals surface area contributed by atoms with Gasteiger partial charge < -0.3 is 14.9 Å². The molecule has 0 aliphatic rings. The summed E-state index contributed by atoms with van der Waals surface area (Å²) in [6.45, 7) is 1.71. The van der Waals surface area contributed by atoms with Crippen LogP contribution >= 0.6 is 15.9 Å². The molecule has 116 valence electrons. The van der Waals surface area contributed by atoms with Crippen LogP contribution in [0.3, 0.4) is 0 Å². The number of halogens is 1. The lowest BCUT2D eigenvalue weighted by Gasteiger charge is -2.27. The van der Waals surface area contributed by atoms with Gasteiger partial charge in [0, 0.05) is 11.1 Å². The molecule has 5 nitrogen and oxygen atoms in total. The fourth-order valence-corrected chi connectivity index (χ4v) is 2.59. The largest absolute Gasteiger partial charge is 0.480 e. The molecule has 0 radical (unpaired) electrons. The Morgan fingerprint density at radius 2 is 2.05 bits per heavy atom. The van der Waals surface area contributed by atoms with Crippen LogP contribution in [-0.4, -0.2) is 35.4 Å². The van der Waals surface area contributed by atoms with Crippen LogP contribution in [0.25, 0.3) is 0 Å². The van der Waals surface area contributed by atoms with E-state index in [1.165, 1.54) is 0 Å². The predicted octanol–water partition coefficient (Wildman–Crippen LogP) is 2.50. The summed E-state index contributed by atoms with van der Waals surface area (Å²) in [6.07, 6.45) is 0.925. The van der Waals surface area contributed by atoms with Crippen molar-refractivity contribution in [2.24, 2.45) is 0 Å². The van der Waals surface area contributed by atoms with Crippen molar-refractivity contribution in [1.29, 1.82) is 0 Å². The van der Waals surface area contributed by atoms with Crippen LogP contribution in [-0.2, 0) is 19.7 Å². The van der Waals surface area contributed by atoms with Crippen molar-refractivity contribution in [2.75, 3.05) is 13.2 Å². The summed E-state index contributed by atoms with van der Waals surface area (Å²) in [5.74, 6) is -2.01. The molecule has 1 rings (SSSR count). The molecule has 0 saturated heterocycles. The summed E-state index contributed by atoms with van der Waals surface area (Å²) in [6, 6.07) is 6.66. The third-order valence-corrected chi connectivity index (χ3v) is 3.76. The van der Waals surface area contributed by atoms with Gasteiger partial charge in [0.25, 0.3) is 0 Å². The van der Waals surface area contributed by atoms with Gasteiger partial charge in [-0.1, -0.05) is 28.1 Å². The molecule has 0 bridgehead atoms. The highest BCUT2D eigenvalue weighted by Crippen LogP contribution is 2.33. The highest BCUT2D eigenvalue weighted by atomic mass is 79.9. The van der Waals surface area contributed by atoms with Gasteiger partial charge in [-0.15, -0.1) is 0 Å². The quantitative estimate of drug-likeness (QED) is 0.423. The van der Waals surface area contributed by atoms with Gasteiger partial charge in [-0.2, -0.15) is 0 Å². The number of unbranched alkanes of at least 4 members (excludes halogenated alkanes) is 1. The Hall–Kier alpha value is -1.40. The van der Waals surface area contributed by atoms with E-state index >= 15 is 0 Å². The fraction of sp³-hybridized carbons (Fsp3) is 0.467. The Morgan fingerprint density at radius 1 is 1.33 bits per heavy atom. The number of esters is 1.